The Morgan fingerprint density at radius 2 is 2.33 bits per heavy atom. The molecule has 0 aromatic carbocycles. The monoisotopic (exact) mass is 219 g/mol. The third-order valence-corrected chi connectivity index (χ3v) is 1.86. The molecule has 0 aliphatic carbocycles. The molecule has 1 rings (SSSR count). The molecule has 1 N–H and O–H groups in total. The van der Waals surface area contributed by atoms with Gasteiger partial charge in [-0.2, -0.15) is 8.78 Å². The maximum absolute atomic E-state index is 12.7. The van der Waals surface area contributed by atoms with Gasteiger partial charge in [0.25, 0.3) is 5.89 Å². The zero-order valence-electron chi connectivity index (χ0n) is 8.33. The van der Waals surface area contributed by atoms with Crippen molar-refractivity contribution in [1.29, 1.82) is 0 Å². The van der Waals surface area contributed by atoms with Crippen molar-refractivity contribution in [2.45, 2.75) is 26.2 Å². The fourth-order valence-electron chi connectivity index (χ4n) is 0.994. The Bertz CT molecular complexity index is 356. The van der Waals surface area contributed by atoms with Crippen LogP contribution in [0.15, 0.2) is 10.6 Å². The molecule has 0 aliphatic rings. The summed E-state index contributed by atoms with van der Waals surface area (Å²) in [5, 5.41) is 8.60. The number of carboxylic acid groups (broad SMARTS) is 1. The van der Waals surface area contributed by atoms with Gasteiger partial charge >= 0.3 is 11.9 Å². The third kappa shape index (κ3) is 3.00. The number of nitrogens with zero attached hydrogens (tertiary/aromatic N) is 1. The molecule has 0 saturated heterocycles. The van der Waals surface area contributed by atoms with Crippen LogP contribution >= 0.6 is 0 Å². The van der Waals surface area contributed by atoms with E-state index in [1.807, 2.05) is 0 Å². The summed E-state index contributed by atoms with van der Waals surface area (Å²) in [4.78, 5) is 13.9. The normalized spacial score (nSPS) is 13.9. The van der Waals surface area contributed by atoms with Crippen LogP contribution in [0.25, 0.3) is 0 Å². The standard InChI is InChI=1S/C9H11F2NO3/c1-5(7(13)14)3-6-4-12-8(15-6)9(2,10)11/h4-5H,3H2,1-2H3,(H,13,14). The van der Waals surface area contributed by atoms with E-state index >= 15 is 0 Å². The number of rotatable bonds is 4. The lowest BCUT2D eigenvalue weighted by atomic mass is 10.1. The van der Waals surface area contributed by atoms with Gasteiger partial charge in [-0.3, -0.25) is 4.79 Å². The van der Waals surface area contributed by atoms with Gasteiger partial charge in [0, 0.05) is 13.3 Å². The molecule has 1 aromatic heterocycles. The minimum atomic E-state index is -3.13. The highest BCUT2D eigenvalue weighted by Gasteiger charge is 2.31. The van der Waals surface area contributed by atoms with Crippen LogP contribution in [-0.4, -0.2) is 16.1 Å². The molecular formula is C9H11F2NO3. The molecule has 0 fully saturated rings. The maximum Gasteiger partial charge on any atom is 0.319 e. The number of hydrogen-bond acceptors (Lipinski definition) is 3. The number of oxazole rings is 1. The van der Waals surface area contributed by atoms with Crippen LogP contribution < -0.4 is 0 Å². The fraction of sp³-hybridized carbons (Fsp3) is 0.556. The van der Waals surface area contributed by atoms with Crippen molar-refractivity contribution in [2.75, 3.05) is 0 Å². The molecule has 4 nitrogen and oxygen atoms in total. The lowest BCUT2D eigenvalue weighted by molar-refractivity contribution is -0.141. The molecule has 1 aromatic rings. The van der Waals surface area contributed by atoms with Gasteiger partial charge in [0.1, 0.15) is 5.76 Å². The summed E-state index contributed by atoms with van der Waals surface area (Å²) in [6, 6.07) is 0. The molecule has 0 saturated carbocycles. The van der Waals surface area contributed by atoms with Gasteiger partial charge in [-0.15, -0.1) is 0 Å². The largest absolute Gasteiger partial charge is 0.481 e. The van der Waals surface area contributed by atoms with Crippen LogP contribution in [0.4, 0.5) is 8.78 Å². The minimum Gasteiger partial charge on any atom is -0.481 e. The predicted octanol–water partition coefficient (Wildman–Crippen LogP) is 2.05. The average molecular weight is 219 g/mol. The van der Waals surface area contributed by atoms with E-state index in [-0.39, 0.29) is 12.2 Å². The van der Waals surface area contributed by atoms with Crippen LogP contribution in [0.1, 0.15) is 25.5 Å². The van der Waals surface area contributed by atoms with E-state index in [1.54, 1.807) is 0 Å². The number of hydrogen-bond donors (Lipinski definition) is 1. The topological polar surface area (TPSA) is 63.3 Å². The molecule has 1 heterocycles. The molecule has 1 atom stereocenters. The number of halogens is 2. The molecule has 0 amide bonds. The van der Waals surface area contributed by atoms with Gasteiger partial charge in [-0.25, -0.2) is 4.98 Å². The van der Waals surface area contributed by atoms with Crippen molar-refractivity contribution in [3.05, 3.63) is 17.8 Å². The second kappa shape index (κ2) is 3.96. The van der Waals surface area contributed by atoms with E-state index in [9.17, 15) is 13.6 Å². The number of carboxylic acids is 1. The van der Waals surface area contributed by atoms with Crippen molar-refractivity contribution in [1.82, 2.24) is 4.98 Å². The lowest BCUT2D eigenvalue weighted by Crippen LogP contribution is -2.11. The van der Waals surface area contributed by atoms with E-state index in [0.717, 1.165) is 6.20 Å². The Hall–Kier alpha value is -1.46. The highest BCUT2D eigenvalue weighted by molar-refractivity contribution is 5.69. The summed E-state index contributed by atoms with van der Waals surface area (Å²) in [5.41, 5.74) is 0. The Morgan fingerprint density at radius 1 is 1.73 bits per heavy atom. The average Bonchev–Trinajstić information content (AvgIpc) is 2.51. The summed E-state index contributed by atoms with van der Waals surface area (Å²) in [5.74, 6) is -5.35. The second-order valence-electron chi connectivity index (χ2n) is 3.46. The SMILES string of the molecule is CC(Cc1cnc(C(C)(F)F)o1)C(=O)O. The van der Waals surface area contributed by atoms with Crippen LogP contribution in [0.2, 0.25) is 0 Å². The molecule has 6 heteroatoms. The zero-order chi connectivity index (χ0) is 11.6. The van der Waals surface area contributed by atoms with E-state index < -0.39 is 23.7 Å². The molecule has 0 aliphatic heterocycles. The summed E-state index contributed by atoms with van der Waals surface area (Å²) in [7, 11) is 0. The van der Waals surface area contributed by atoms with Crippen LogP contribution in [0, 0.1) is 5.92 Å². The Kier molecular flexibility index (Phi) is 3.06. The zero-order valence-corrected chi connectivity index (χ0v) is 8.33. The number of aromatic nitrogens is 1. The predicted molar refractivity (Wildman–Crippen MR) is 46.6 cm³/mol. The van der Waals surface area contributed by atoms with Gasteiger partial charge in [-0.05, 0) is 0 Å². The summed E-state index contributed by atoms with van der Waals surface area (Å²) >= 11 is 0. The third-order valence-electron chi connectivity index (χ3n) is 1.86. The Labute approximate surface area is 84.9 Å². The van der Waals surface area contributed by atoms with Crippen molar-refractivity contribution < 1.29 is 23.1 Å². The van der Waals surface area contributed by atoms with Crippen LogP contribution in [0.5, 0.6) is 0 Å². The first-order valence-corrected chi connectivity index (χ1v) is 4.36. The van der Waals surface area contributed by atoms with Crippen LogP contribution in [-0.2, 0) is 17.1 Å². The number of carbonyl (C=O) groups is 1. The minimum absolute atomic E-state index is 0.0540. The van der Waals surface area contributed by atoms with Crippen molar-refractivity contribution >= 4 is 5.97 Å². The molecule has 0 spiro atoms. The van der Waals surface area contributed by atoms with Gasteiger partial charge in [0.05, 0.1) is 12.1 Å². The lowest BCUT2D eigenvalue weighted by Gasteiger charge is -2.04. The van der Waals surface area contributed by atoms with Gasteiger partial charge in [0.15, 0.2) is 0 Å². The van der Waals surface area contributed by atoms with Crippen molar-refractivity contribution in [2.24, 2.45) is 5.92 Å². The smallest absolute Gasteiger partial charge is 0.319 e. The highest BCUT2D eigenvalue weighted by atomic mass is 19.3. The first kappa shape index (κ1) is 11.6. The summed E-state index contributed by atoms with van der Waals surface area (Å²) in [6.45, 7) is 2.14. The molecule has 0 radical (unpaired) electrons. The second-order valence-corrected chi connectivity index (χ2v) is 3.46. The quantitative estimate of drug-likeness (QED) is 0.841. The van der Waals surface area contributed by atoms with E-state index in [1.165, 1.54) is 6.92 Å². The van der Waals surface area contributed by atoms with Gasteiger partial charge in [0.2, 0.25) is 0 Å². The first-order valence-electron chi connectivity index (χ1n) is 4.36. The van der Waals surface area contributed by atoms with Crippen molar-refractivity contribution in [3.8, 4) is 0 Å². The van der Waals surface area contributed by atoms with Gasteiger partial charge in [-0.1, -0.05) is 6.92 Å². The highest BCUT2D eigenvalue weighted by Crippen LogP contribution is 2.26. The fourth-order valence-corrected chi connectivity index (χ4v) is 0.994. The molecule has 0 bridgehead atoms. The number of alkyl halides is 2. The first-order chi connectivity index (χ1) is 6.80. The Balaban J connectivity index is 2.73. The van der Waals surface area contributed by atoms with E-state index in [0.29, 0.717) is 6.92 Å². The summed E-state index contributed by atoms with van der Waals surface area (Å²) < 4.78 is 30.1. The molecule has 15 heavy (non-hydrogen) atoms. The summed E-state index contributed by atoms with van der Waals surface area (Å²) in [6.07, 6.45) is 1.19. The number of aliphatic carboxylic acids is 1. The molecule has 1 unspecified atom stereocenters. The molecular weight excluding hydrogens is 208 g/mol. The van der Waals surface area contributed by atoms with Gasteiger partial charge < -0.3 is 9.52 Å². The Morgan fingerprint density at radius 3 is 2.73 bits per heavy atom. The van der Waals surface area contributed by atoms with Crippen LogP contribution in [0.3, 0.4) is 0 Å². The molecule has 84 valence electrons. The van der Waals surface area contributed by atoms with Crippen molar-refractivity contribution in [3.63, 3.8) is 0 Å². The maximum atomic E-state index is 12.7. The van der Waals surface area contributed by atoms with E-state index in [4.69, 9.17) is 9.52 Å². The van der Waals surface area contributed by atoms with E-state index in [2.05, 4.69) is 4.98 Å².